The third kappa shape index (κ3) is 3.84. The summed E-state index contributed by atoms with van der Waals surface area (Å²) in [5.41, 5.74) is 1.72. The number of aromatic nitrogens is 4. The number of piperidine rings is 1. The van der Waals surface area contributed by atoms with Crippen LogP contribution in [0.15, 0.2) is 36.4 Å². The first-order valence-corrected chi connectivity index (χ1v) is 9.10. The van der Waals surface area contributed by atoms with Crippen LogP contribution in [0.3, 0.4) is 0 Å². The Morgan fingerprint density at radius 2 is 1.89 bits per heavy atom. The Morgan fingerprint density at radius 3 is 2.59 bits per heavy atom. The molecule has 4 rings (SSSR count). The Balaban J connectivity index is 1.48. The molecule has 8 nitrogen and oxygen atoms in total. The zero-order valence-electron chi connectivity index (χ0n) is 15.2. The Kier molecular flexibility index (Phi) is 4.62. The second-order valence-electron chi connectivity index (χ2n) is 6.87. The molecule has 1 aromatic carbocycles. The van der Waals surface area contributed by atoms with Gasteiger partial charge >= 0.3 is 0 Å². The van der Waals surface area contributed by atoms with E-state index in [4.69, 9.17) is 0 Å². The van der Waals surface area contributed by atoms with E-state index in [1.165, 1.54) is 0 Å². The van der Waals surface area contributed by atoms with E-state index < -0.39 is 0 Å². The number of carbonyl (C=O) groups excluding carboxylic acids is 1. The molecule has 1 saturated heterocycles. The lowest BCUT2D eigenvalue weighted by Crippen LogP contribution is -2.41. The third-order valence-corrected chi connectivity index (χ3v) is 4.92. The van der Waals surface area contributed by atoms with E-state index in [0.717, 1.165) is 43.1 Å². The molecular weight excluding hydrogens is 344 g/mol. The molecule has 3 aromatic rings. The van der Waals surface area contributed by atoms with Crippen LogP contribution in [-0.2, 0) is 11.2 Å². The van der Waals surface area contributed by atoms with Gasteiger partial charge in [-0.15, -0.1) is 15.3 Å². The maximum atomic E-state index is 11.4. The Bertz CT molecular complexity index is 944. The smallest absolute Gasteiger partial charge is 0.219 e. The number of fused-ring (bicyclic) bond motifs is 1. The van der Waals surface area contributed by atoms with Crippen molar-refractivity contribution in [3.8, 4) is 5.75 Å². The van der Waals surface area contributed by atoms with Crippen LogP contribution in [0.5, 0.6) is 5.75 Å². The molecule has 27 heavy (non-hydrogen) atoms. The lowest BCUT2D eigenvalue weighted by Gasteiger charge is -2.31. The lowest BCUT2D eigenvalue weighted by molar-refractivity contribution is -0.129. The molecular formula is C19H22N6O2. The summed E-state index contributed by atoms with van der Waals surface area (Å²) in [6.45, 7) is 3.16. The van der Waals surface area contributed by atoms with Crippen LogP contribution in [0.4, 0.5) is 5.82 Å². The predicted molar refractivity (Wildman–Crippen MR) is 101 cm³/mol. The fraction of sp³-hybridized carbons (Fsp3) is 0.368. The van der Waals surface area contributed by atoms with Gasteiger partial charge in [0, 0.05) is 32.5 Å². The minimum atomic E-state index is 0.136. The molecule has 0 unspecified atom stereocenters. The number of hydrogen-bond donors (Lipinski definition) is 2. The number of nitrogens with zero attached hydrogens (tertiary/aromatic N) is 5. The molecule has 0 saturated carbocycles. The Labute approximate surface area is 156 Å². The van der Waals surface area contributed by atoms with Crippen molar-refractivity contribution in [2.75, 3.05) is 18.4 Å². The molecule has 8 heteroatoms. The van der Waals surface area contributed by atoms with Crippen molar-refractivity contribution in [3.05, 3.63) is 47.8 Å². The minimum absolute atomic E-state index is 0.136. The summed E-state index contributed by atoms with van der Waals surface area (Å²) in [5, 5.41) is 26.0. The van der Waals surface area contributed by atoms with Gasteiger partial charge < -0.3 is 15.3 Å². The van der Waals surface area contributed by atoms with Gasteiger partial charge in [-0.3, -0.25) is 4.79 Å². The minimum Gasteiger partial charge on any atom is -0.508 e. The van der Waals surface area contributed by atoms with Crippen molar-refractivity contribution in [1.82, 2.24) is 24.7 Å². The maximum Gasteiger partial charge on any atom is 0.219 e. The number of aromatic hydroxyl groups is 1. The fourth-order valence-corrected chi connectivity index (χ4v) is 3.36. The number of benzene rings is 1. The summed E-state index contributed by atoms with van der Waals surface area (Å²) >= 11 is 0. The number of hydrogen-bond acceptors (Lipinski definition) is 6. The highest BCUT2D eigenvalue weighted by molar-refractivity contribution is 5.73. The van der Waals surface area contributed by atoms with E-state index in [1.807, 2.05) is 29.2 Å². The van der Waals surface area contributed by atoms with Gasteiger partial charge in [0.15, 0.2) is 11.5 Å². The zero-order chi connectivity index (χ0) is 18.8. The molecule has 0 aliphatic carbocycles. The Morgan fingerprint density at radius 1 is 1.15 bits per heavy atom. The summed E-state index contributed by atoms with van der Waals surface area (Å²) in [5.74, 6) is 1.89. The van der Waals surface area contributed by atoms with Crippen LogP contribution in [0.2, 0.25) is 0 Å². The van der Waals surface area contributed by atoms with Crippen molar-refractivity contribution >= 4 is 17.4 Å². The van der Waals surface area contributed by atoms with Gasteiger partial charge in [-0.1, -0.05) is 12.1 Å². The van der Waals surface area contributed by atoms with Crippen molar-refractivity contribution < 1.29 is 9.90 Å². The largest absolute Gasteiger partial charge is 0.508 e. The van der Waals surface area contributed by atoms with Crippen molar-refractivity contribution in [2.24, 2.45) is 0 Å². The number of amides is 1. The third-order valence-electron chi connectivity index (χ3n) is 4.92. The van der Waals surface area contributed by atoms with Crippen molar-refractivity contribution in [1.29, 1.82) is 0 Å². The summed E-state index contributed by atoms with van der Waals surface area (Å²) in [6.07, 6.45) is 2.39. The van der Waals surface area contributed by atoms with E-state index in [9.17, 15) is 9.90 Å². The van der Waals surface area contributed by atoms with Gasteiger partial charge in [0.2, 0.25) is 5.91 Å². The number of carbonyl (C=O) groups is 1. The monoisotopic (exact) mass is 366 g/mol. The molecule has 0 spiro atoms. The second-order valence-corrected chi connectivity index (χ2v) is 6.87. The first-order chi connectivity index (χ1) is 13.1. The average Bonchev–Trinajstić information content (AvgIpc) is 3.06. The molecule has 1 aliphatic heterocycles. The maximum absolute atomic E-state index is 11.4. The van der Waals surface area contributed by atoms with Gasteiger partial charge in [-0.25, -0.2) is 0 Å². The van der Waals surface area contributed by atoms with Gasteiger partial charge in [-0.2, -0.15) is 4.52 Å². The van der Waals surface area contributed by atoms with E-state index in [1.54, 1.807) is 23.6 Å². The topological polar surface area (TPSA) is 95.7 Å². The first kappa shape index (κ1) is 17.3. The molecule has 1 amide bonds. The summed E-state index contributed by atoms with van der Waals surface area (Å²) in [7, 11) is 0. The Hall–Kier alpha value is -3.16. The molecule has 1 aliphatic rings. The van der Waals surface area contributed by atoms with E-state index in [2.05, 4.69) is 20.6 Å². The highest BCUT2D eigenvalue weighted by Gasteiger charge is 2.21. The van der Waals surface area contributed by atoms with Crippen LogP contribution in [0.25, 0.3) is 5.65 Å². The molecule has 0 radical (unpaired) electrons. The highest BCUT2D eigenvalue weighted by Crippen LogP contribution is 2.17. The number of anilines is 1. The lowest BCUT2D eigenvalue weighted by atomic mass is 10.1. The van der Waals surface area contributed by atoms with E-state index >= 15 is 0 Å². The van der Waals surface area contributed by atoms with Gasteiger partial charge in [0.25, 0.3) is 0 Å². The quantitative estimate of drug-likeness (QED) is 0.732. The van der Waals surface area contributed by atoms with Crippen molar-refractivity contribution in [3.63, 3.8) is 0 Å². The number of nitrogens with one attached hydrogen (secondary N) is 1. The number of rotatable bonds is 4. The summed E-state index contributed by atoms with van der Waals surface area (Å²) < 4.78 is 1.75. The molecule has 1 fully saturated rings. The first-order valence-electron chi connectivity index (χ1n) is 9.10. The fourth-order valence-electron chi connectivity index (χ4n) is 3.36. The summed E-state index contributed by atoms with van der Waals surface area (Å²) in [4.78, 5) is 13.3. The van der Waals surface area contributed by atoms with E-state index in [-0.39, 0.29) is 11.7 Å². The van der Waals surface area contributed by atoms with Crippen LogP contribution in [-0.4, -0.2) is 54.9 Å². The van der Waals surface area contributed by atoms with Gasteiger partial charge in [0.05, 0.1) is 0 Å². The molecule has 3 heterocycles. The van der Waals surface area contributed by atoms with Crippen LogP contribution in [0, 0.1) is 0 Å². The zero-order valence-corrected chi connectivity index (χ0v) is 15.2. The van der Waals surface area contributed by atoms with E-state index in [0.29, 0.717) is 18.1 Å². The number of phenolic OH excluding ortho intramolecular Hbond substituents is 1. The molecule has 2 N–H and O–H groups in total. The highest BCUT2D eigenvalue weighted by atomic mass is 16.3. The molecule has 2 aromatic heterocycles. The van der Waals surface area contributed by atoms with Gasteiger partial charge in [-0.05, 0) is 42.7 Å². The second kappa shape index (κ2) is 7.22. The normalized spacial score (nSPS) is 15.2. The SMILES string of the molecule is CC(=O)N1CCC(Nc2ccc3nnc(Cc4ccc(O)cc4)n3n2)CC1. The number of likely N-dealkylation sites (tertiary alicyclic amines) is 1. The average molecular weight is 366 g/mol. The molecule has 0 atom stereocenters. The number of phenols is 1. The van der Waals surface area contributed by atoms with Crippen molar-refractivity contribution in [2.45, 2.75) is 32.2 Å². The molecule has 0 bridgehead atoms. The van der Waals surface area contributed by atoms with Crippen LogP contribution in [0.1, 0.15) is 31.2 Å². The standard InChI is InChI=1S/C19H22N6O2/c1-13(26)24-10-8-15(9-11-24)20-17-6-7-18-21-22-19(25(18)23-17)12-14-2-4-16(27)5-3-14/h2-7,15,27H,8-12H2,1H3,(H,20,23). The van der Waals surface area contributed by atoms with Gasteiger partial charge in [0.1, 0.15) is 11.6 Å². The summed E-state index contributed by atoms with van der Waals surface area (Å²) in [6, 6.07) is 11.1. The molecule has 140 valence electrons. The predicted octanol–water partition coefficient (Wildman–Crippen LogP) is 1.84. The van der Waals surface area contributed by atoms with Crippen LogP contribution < -0.4 is 5.32 Å². The van der Waals surface area contributed by atoms with Crippen LogP contribution >= 0.6 is 0 Å².